The Labute approximate surface area is 137 Å². The highest BCUT2D eigenvalue weighted by Gasteiger charge is 2.27. The predicted molar refractivity (Wildman–Crippen MR) is 82.3 cm³/mol. The molecule has 0 radical (unpaired) electrons. The minimum atomic E-state index is -0.302. The molecule has 1 fully saturated rings. The highest BCUT2D eigenvalue weighted by molar-refractivity contribution is 6.30. The normalized spacial score (nSPS) is 14.9. The van der Waals surface area contributed by atoms with Crippen molar-refractivity contribution in [3.8, 4) is 0 Å². The third-order valence-electron chi connectivity index (χ3n) is 3.65. The van der Waals surface area contributed by atoms with Crippen molar-refractivity contribution >= 4 is 23.4 Å². The van der Waals surface area contributed by atoms with Crippen LogP contribution in [0, 0.1) is 6.92 Å². The van der Waals surface area contributed by atoms with Crippen LogP contribution >= 0.6 is 11.6 Å². The number of carbonyl (C=O) groups excluding carboxylic acids is 2. The van der Waals surface area contributed by atoms with Crippen LogP contribution in [-0.4, -0.2) is 58.0 Å². The van der Waals surface area contributed by atoms with E-state index in [2.05, 4.69) is 10.2 Å². The molecule has 1 aromatic carbocycles. The number of piperazine rings is 1. The molecule has 0 spiro atoms. The number of hydrogen-bond acceptors (Lipinski definition) is 5. The van der Waals surface area contributed by atoms with Gasteiger partial charge in [0.05, 0.1) is 0 Å². The largest absolute Gasteiger partial charge is 0.417 e. The molecule has 0 bridgehead atoms. The van der Waals surface area contributed by atoms with Crippen LogP contribution in [0.5, 0.6) is 0 Å². The standard InChI is InChI=1S/C15H15ClN4O3/c1-10-17-18-13(23-10)15(22)20-8-6-19(7-9-20)14(21)11-2-4-12(16)5-3-11/h2-5H,6-9H2,1H3. The molecule has 1 aliphatic heterocycles. The Balaban J connectivity index is 1.61. The van der Waals surface area contributed by atoms with Crippen molar-refractivity contribution in [2.24, 2.45) is 0 Å². The second-order valence-electron chi connectivity index (χ2n) is 5.22. The molecule has 1 aliphatic rings. The van der Waals surface area contributed by atoms with E-state index in [4.69, 9.17) is 16.0 Å². The van der Waals surface area contributed by atoms with Gasteiger partial charge >= 0.3 is 11.8 Å². The highest BCUT2D eigenvalue weighted by Crippen LogP contribution is 2.14. The second-order valence-corrected chi connectivity index (χ2v) is 5.65. The first-order chi connectivity index (χ1) is 11.0. The average Bonchev–Trinajstić information content (AvgIpc) is 3.01. The zero-order chi connectivity index (χ0) is 16.4. The van der Waals surface area contributed by atoms with E-state index >= 15 is 0 Å². The number of aryl methyl sites for hydroxylation is 1. The monoisotopic (exact) mass is 334 g/mol. The van der Waals surface area contributed by atoms with Crippen LogP contribution in [0.1, 0.15) is 26.9 Å². The van der Waals surface area contributed by atoms with Crippen molar-refractivity contribution in [2.45, 2.75) is 6.92 Å². The molecule has 3 rings (SSSR count). The number of carbonyl (C=O) groups is 2. The van der Waals surface area contributed by atoms with Gasteiger partial charge in [-0.1, -0.05) is 11.6 Å². The molecule has 2 amide bonds. The smallest absolute Gasteiger partial charge is 0.311 e. The Kier molecular flexibility index (Phi) is 4.29. The second kappa shape index (κ2) is 6.37. The molecule has 0 N–H and O–H groups in total. The van der Waals surface area contributed by atoms with Crippen molar-refractivity contribution < 1.29 is 14.0 Å². The Bertz CT molecular complexity index is 721. The molecule has 0 aliphatic carbocycles. The van der Waals surface area contributed by atoms with Crippen LogP contribution in [0.2, 0.25) is 5.02 Å². The van der Waals surface area contributed by atoms with Gasteiger partial charge < -0.3 is 14.2 Å². The maximum absolute atomic E-state index is 12.4. The fraction of sp³-hybridized carbons (Fsp3) is 0.333. The molecule has 120 valence electrons. The summed E-state index contributed by atoms with van der Waals surface area (Å²) in [6.07, 6.45) is 0. The third-order valence-corrected chi connectivity index (χ3v) is 3.91. The van der Waals surface area contributed by atoms with E-state index < -0.39 is 0 Å². The number of aromatic nitrogens is 2. The fourth-order valence-corrected chi connectivity index (χ4v) is 2.53. The minimum absolute atomic E-state index is 0.0139. The van der Waals surface area contributed by atoms with Gasteiger partial charge in [-0.05, 0) is 24.3 Å². The molecule has 2 heterocycles. The first-order valence-electron chi connectivity index (χ1n) is 7.19. The Morgan fingerprint density at radius 2 is 1.57 bits per heavy atom. The summed E-state index contributed by atoms with van der Waals surface area (Å²) in [5.74, 6) is -0.0310. The van der Waals surface area contributed by atoms with E-state index in [-0.39, 0.29) is 17.7 Å². The van der Waals surface area contributed by atoms with E-state index in [0.717, 1.165) is 0 Å². The van der Waals surface area contributed by atoms with Crippen molar-refractivity contribution in [1.29, 1.82) is 0 Å². The molecule has 1 aromatic heterocycles. The van der Waals surface area contributed by atoms with Gasteiger partial charge in [0.1, 0.15) is 0 Å². The molecule has 0 unspecified atom stereocenters. The van der Waals surface area contributed by atoms with Gasteiger partial charge in [0.25, 0.3) is 5.91 Å². The molecular formula is C15H15ClN4O3. The molecule has 1 saturated heterocycles. The molecule has 2 aromatic rings. The van der Waals surface area contributed by atoms with Crippen molar-refractivity contribution in [3.05, 3.63) is 46.6 Å². The molecule has 0 saturated carbocycles. The van der Waals surface area contributed by atoms with Gasteiger partial charge in [-0.25, -0.2) is 0 Å². The lowest BCUT2D eigenvalue weighted by molar-refractivity contribution is 0.0512. The summed E-state index contributed by atoms with van der Waals surface area (Å²) in [5.41, 5.74) is 0.585. The van der Waals surface area contributed by atoms with E-state index in [1.165, 1.54) is 0 Å². The fourth-order valence-electron chi connectivity index (χ4n) is 2.41. The summed E-state index contributed by atoms with van der Waals surface area (Å²) in [5, 5.41) is 7.97. The Hall–Kier alpha value is -2.41. The summed E-state index contributed by atoms with van der Waals surface area (Å²) in [7, 11) is 0. The van der Waals surface area contributed by atoms with Crippen LogP contribution in [0.4, 0.5) is 0 Å². The molecule has 8 heteroatoms. The maximum Gasteiger partial charge on any atom is 0.311 e. The van der Waals surface area contributed by atoms with Crippen molar-refractivity contribution in [2.75, 3.05) is 26.2 Å². The summed E-state index contributed by atoms with van der Waals surface area (Å²) in [6.45, 7) is 3.41. The first-order valence-corrected chi connectivity index (χ1v) is 7.56. The van der Waals surface area contributed by atoms with Crippen LogP contribution < -0.4 is 0 Å². The van der Waals surface area contributed by atoms with Crippen LogP contribution in [0.25, 0.3) is 0 Å². The van der Waals surface area contributed by atoms with E-state index in [1.807, 2.05) is 0 Å². The summed E-state index contributed by atoms with van der Waals surface area (Å²) in [4.78, 5) is 27.9. The lowest BCUT2D eigenvalue weighted by Crippen LogP contribution is -2.50. The Morgan fingerprint density at radius 1 is 1.00 bits per heavy atom. The maximum atomic E-state index is 12.4. The van der Waals surface area contributed by atoms with E-state index in [1.54, 1.807) is 41.0 Å². The number of rotatable bonds is 2. The van der Waals surface area contributed by atoms with E-state index in [0.29, 0.717) is 42.7 Å². The van der Waals surface area contributed by atoms with Gasteiger partial charge in [-0.15, -0.1) is 10.2 Å². The third kappa shape index (κ3) is 3.34. The number of nitrogens with zero attached hydrogens (tertiary/aromatic N) is 4. The van der Waals surface area contributed by atoms with Crippen molar-refractivity contribution in [1.82, 2.24) is 20.0 Å². The number of benzene rings is 1. The van der Waals surface area contributed by atoms with E-state index in [9.17, 15) is 9.59 Å². The zero-order valence-corrected chi connectivity index (χ0v) is 13.3. The first kappa shape index (κ1) is 15.5. The van der Waals surface area contributed by atoms with Gasteiger partial charge in [-0.2, -0.15) is 0 Å². The quantitative estimate of drug-likeness (QED) is 0.834. The average molecular weight is 335 g/mol. The lowest BCUT2D eigenvalue weighted by atomic mass is 10.2. The molecular weight excluding hydrogens is 320 g/mol. The van der Waals surface area contributed by atoms with Gasteiger partial charge in [-0.3, -0.25) is 9.59 Å². The summed E-state index contributed by atoms with van der Waals surface area (Å²) >= 11 is 5.83. The SMILES string of the molecule is Cc1nnc(C(=O)N2CCN(C(=O)c3ccc(Cl)cc3)CC2)o1. The zero-order valence-electron chi connectivity index (χ0n) is 12.5. The summed E-state index contributed by atoms with van der Waals surface area (Å²) < 4.78 is 5.15. The van der Waals surface area contributed by atoms with Crippen LogP contribution in [0.15, 0.2) is 28.7 Å². The number of halogens is 1. The van der Waals surface area contributed by atoms with Gasteiger partial charge in [0.2, 0.25) is 5.89 Å². The topological polar surface area (TPSA) is 79.5 Å². The molecule has 0 atom stereocenters. The van der Waals surface area contributed by atoms with Crippen molar-refractivity contribution in [3.63, 3.8) is 0 Å². The minimum Gasteiger partial charge on any atom is -0.417 e. The predicted octanol–water partition coefficient (Wildman–Crippen LogP) is 1.63. The Morgan fingerprint density at radius 3 is 2.09 bits per heavy atom. The lowest BCUT2D eigenvalue weighted by Gasteiger charge is -2.34. The molecule has 7 nitrogen and oxygen atoms in total. The number of amides is 2. The number of hydrogen-bond donors (Lipinski definition) is 0. The van der Waals surface area contributed by atoms with Gasteiger partial charge in [0, 0.05) is 43.7 Å². The molecule has 23 heavy (non-hydrogen) atoms. The summed E-state index contributed by atoms with van der Waals surface area (Å²) in [6, 6.07) is 6.77. The highest BCUT2D eigenvalue weighted by atomic mass is 35.5. The van der Waals surface area contributed by atoms with Gasteiger partial charge in [0.15, 0.2) is 0 Å². The van der Waals surface area contributed by atoms with Crippen LogP contribution in [0.3, 0.4) is 0 Å². The van der Waals surface area contributed by atoms with Crippen LogP contribution in [-0.2, 0) is 0 Å².